The van der Waals surface area contributed by atoms with Gasteiger partial charge in [-0.25, -0.2) is 9.78 Å². The van der Waals surface area contributed by atoms with E-state index in [1.807, 2.05) is 13.8 Å². The molecule has 1 aromatic heterocycles. The zero-order valence-electron chi connectivity index (χ0n) is 20.2. The number of urea groups is 1. The molecule has 2 aliphatic rings. The first-order chi connectivity index (χ1) is 16.4. The van der Waals surface area contributed by atoms with Crippen molar-refractivity contribution in [3.8, 4) is 6.07 Å². The lowest BCUT2D eigenvalue weighted by Crippen LogP contribution is -2.43. The number of hydrogen-bond acceptors (Lipinski definition) is 6. The van der Waals surface area contributed by atoms with Gasteiger partial charge in [0.05, 0.1) is 11.7 Å². The number of nitriles is 1. The predicted molar refractivity (Wildman–Crippen MR) is 131 cm³/mol. The van der Waals surface area contributed by atoms with Crippen LogP contribution in [0.25, 0.3) is 0 Å². The highest BCUT2D eigenvalue weighted by Gasteiger charge is 2.28. The van der Waals surface area contributed by atoms with Gasteiger partial charge in [-0.1, -0.05) is 6.58 Å². The summed E-state index contributed by atoms with van der Waals surface area (Å²) in [5.74, 6) is 1.19. The Morgan fingerprint density at radius 1 is 1.41 bits per heavy atom. The molecule has 2 aliphatic heterocycles. The second kappa shape index (κ2) is 11.6. The SMILES string of the molecule is C=C/C(C#N)=C(\C=C(/C)NC(=O)N1CCCc2cc(C3CCNCC3)c(C=O)nc21)OC(C)C. The second-order valence-electron chi connectivity index (χ2n) is 8.86. The van der Waals surface area contributed by atoms with Gasteiger partial charge in [-0.05, 0) is 88.7 Å². The number of nitrogens with zero attached hydrogens (tertiary/aromatic N) is 3. The average molecular weight is 464 g/mol. The molecule has 1 aromatic rings. The fraction of sp³-hybridized carbons (Fsp3) is 0.462. The van der Waals surface area contributed by atoms with Gasteiger partial charge in [0.1, 0.15) is 23.3 Å². The van der Waals surface area contributed by atoms with Gasteiger partial charge in [0.2, 0.25) is 0 Å². The summed E-state index contributed by atoms with van der Waals surface area (Å²) >= 11 is 0. The number of aldehydes is 1. The third kappa shape index (κ3) is 5.91. The van der Waals surface area contributed by atoms with Crippen LogP contribution in [-0.2, 0) is 11.2 Å². The second-order valence-corrected chi connectivity index (χ2v) is 8.86. The van der Waals surface area contributed by atoms with Crippen LogP contribution in [0.15, 0.2) is 41.8 Å². The molecule has 8 nitrogen and oxygen atoms in total. The van der Waals surface area contributed by atoms with E-state index >= 15 is 0 Å². The van der Waals surface area contributed by atoms with E-state index in [4.69, 9.17) is 4.74 Å². The number of amides is 2. The highest BCUT2D eigenvalue weighted by molar-refractivity contribution is 5.94. The van der Waals surface area contributed by atoms with Gasteiger partial charge in [-0.2, -0.15) is 5.26 Å². The number of pyridine rings is 1. The summed E-state index contributed by atoms with van der Waals surface area (Å²) in [7, 11) is 0. The monoisotopic (exact) mass is 463 g/mol. The zero-order chi connectivity index (χ0) is 24.7. The molecule has 3 rings (SSSR count). The molecule has 0 unspecified atom stereocenters. The van der Waals surface area contributed by atoms with Crippen molar-refractivity contribution in [2.24, 2.45) is 0 Å². The van der Waals surface area contributed by atoms with E-state index < -0.39 is 0 Å². The van der Waals surface area contributed by atoms with Crippen molar-refractivity contribution in [3.63, 3.8) is 0 Å². The minimum absolute atomic E-state index is 0.146. The lowest BCUT2D eigenvalue weighted by Gasteiger charge is -2.31. The Morgan fingerprint density at radius 2 is 2.15 bits per heavy atom. The number of carbonyl (C=O) groups is 2. The van der Waals surface area contributed by atoms with Crippen LogP contribution < -0.4 is 15.5 Å². The van der Waals surface area contributed by atoms with Crippen LogP contribution >= 0.6 is 0 Å². The van der Waals surface area contributed by atoms with Crippen LogP contribution in [-0.4, -0.2) is 43.0 Å². The number of hydrogen-bond donors (Lipinski definition) is 2. The zero-order valence-corrected chi connectivity index (χ0v) is 20.2. The van der Waals surface area contributed by atoms with E-state index in [2.05, 4.69) is 34.3 Å². The Balaban J connectivity index is 1.86. The minimum atomic E-state index is -0.338. The summed E-state index contributed by atoms with van der Waals surface area (Å²) < 4.78 is 5.74. The van der Waals surface area contributed by atoms with Crippen LogP contribution in [0.1, 0.15) is 67.6 Å². The van der Waals surface area contributed by atoms with Crippen LogP contribution in [0.3, 0.4) is 0 Å². The molecule has 0 atom stereocenters. The Labute approximate surface area is 201 Å². The quantitative estimate of drug-likeness (QED) is 0.273. The number of piperidine rings is 1. The van der Waals surface area contributed by atoms with Crippen LogP contribution in [0.4, 0.5) is 10.6 Å². The summed E-state index contributed by atoms with van der Waals surface area (Å²) in [4.78, 5) is 31.3. The van der Waals surface area contributed by atoms with Crippen LogP contribution in [0, 0.1) is 11.3 Å². The van der Waals surface area contributed by atoms with Crippen molar-refractivity contribution in [2.75, 3.05) is 24.5 Å². The Bertz CT molecular complexity index is 1050. The van der Waals surface area contributed by atoms with Gasteiger partial charge in [0, 0.05) is 18.3 Å². The maximum atomic E-state index is 13.2. The molecule has 0 bridgehead atoms. The molecule has 0 saturated carbocycles. The van der Waals surface area contributed by atoms with Crippen molar-refractivity contribution in [3.05, 3.63) is 58.6 Å². The van der Waals surface area contributed by atoms with E-state index in [-0.39, 0.29) is 17.7 Å². The number of fused-ring (bicyclic) bond motifs is 1. The number of aryl methyl sites for hydroxylation is 1. The van der Waals surface area contributed by atoms with Crippen molar-refractivity contribution >= 4 is 18.1 Å². The smallest absolute Gasteiger partial charge is 0.327 e. The first-order valence-electron chi connectivity index (χ1n) is 11.8. The van der Waals surface area contributed by atoms with Crippen LogP contribution in [0.5, 0.6) is 0 Å². The first kappa shape index (κ1) is 25.2. The van der Waals surface area contributed by atoms with E-state index in [9.17, 15) is 14.9 Å². The molecule has 34 heavy (non-hydrogen) atoms. The Kier molecular flexibility index (Phi) is 8.61. The summed E-state index contributed by atoms with van der Waals surface area (Å²) in [6.45, 7) is 11.5. The molecule has 2 N–H and O–H groups in total. The number of ether oxygens (including phenoxy) is 1. The van der Waals surface area contributed by atoms with E-state index in [0.29, 0.717) is 35.4 Å². The first-order valence-corrected chi connectivity index (χ1v) is 11.8. The fourth-order valence-electron chi connectivity index (χ4n) is 4.38. The van der Waals surface area contributed by atoms with Crippen molar-refractivity contribution < 1.29 is 14.3 Å². The Morgan fingerprint density at radius 3 is 2.76 bits per heavy atom. The van der Waals surface area contributed by atoms with Gasteiger partial charge in [0.25, 0.3) is 0 Å². The normalized spacial score (nSPS) is 17.4. The maximum absolute atomic E-state index is 13.2. The number of anilines is 1. The molecule has 2 amide bonds. The molecule has 1 saturated heterocycles. The highest BCUT2D eigenvalue weighted by Crippen LogP contribution is 2.33. The van der Waals surface area contributed by atoms with Crippen LogP contribution in [0.2, 0.25) is 0 Å². The summed E-state index contributed by atoms with van der Waals surface area (Å²) in [6, 6.07) is 3.79. The number of rotatable bonds is 7. The number of nitrogens with one attached hydrogen (secondary N) is 2. The third-order valence-corrected chi connectivity index (χ3v) is 5.96. The standard InChI is InChI=1S/C26H33N5O3/c1-5-19(15-27)24(34-17(2)3)13-18(4)29-26(33)31-12-6-7-21-14-22(20-8-10-28-11-9-20)23(16-32)30-25(21)31/h5,13-14,16-17,20,28H,1,6-12H2,2-4H3,(H,29,33)/b18-13+,24-19-. The molecule has 0 aromatic carbocycles. The molecule has 180 valence electrons. The lowest BCUT2D eigenvalue weighted by atomic mass is 9.87. The number of carbonyl (C=O) groups excluding carboxylic acids is 2. The Hall–Kier alpha value is -3.44. The molecule has 3 heterocycles. The topological polar surface area (TPSA) is 107 Å². The van der Waals surface area contributed by atoms with Crippen molar-refractivity contribution in [1.29, 1.82) is 5.26 Å². The number of allylic oxidation sites excluding steroid dienone is 4. The summed E-state index contributed by atoms with van der Waals surface area (Å²) in [5.41, 5.74) is 3.20. The van der Waals surface area contributed by atoms with Crippen molar-refractivity contribution in [1.82, 2.24) is 15.6 Å². The molecule has 8 heteroatoms. The minimum Gasteiger partial charge on any atom is -0.490 e. The predicted octanol–water partition coefficient (Wildman–Crippen LogP) is 4.12. The van der Waals surface area contributed by atoms with Gasteiger partial charge in [0.15, 0.2) is 6.29 Å². The molecule has 1 fully saturated rings. The summed E-state index contributed by atoms with van der Waals surface area (Å²) in [6.07, 6.45) is 7.27. The van der Waals surface area contributed by atoms with Gasteiger partial charge >= 0.3 is 6.03 Å². The largest absolute Gasteiger partial charge is 0.490 e. The fourth-order valence-corrected chi connectivity index (χ4v) is 4.38. The molecular weight excluding hydrogens is 430 g/mol. The van der Waals surface area contributed by atoms with Crippen molar-refractivity contribution in [2.45, 2.75) is 58.5 Å². The van der Waals surface area contributed by atoms with E-state index in [1.165, 1.54) is 6.08 Å². The van der Waals surface area contributed by atoms with Gasteiger partial charge in [-0.15, -0.1) is 0 Å². The van der Waals surface area contributed by atoms with E-state index in [0.717, 1.165) is 56.2 Å². The lowest BCUT2D eigenvalue weighted by molar-refractivity contribution is 0.111. The average Bonchev–Trinajstić information content (AvgIpc) is 2.83. The molecule has 0 radical (unpaired) electrons. The molecule has 0 aliphatic carbocycles. The molecule has 0 spiro atoms. The maximum Gasteiger partial charge on any atom is 0.327 e. The highest BCUT2D eigenvalue weighted by atomic mass is 16.5. The number of aromatic nitrogens is 1. The third-order valence-electron chi connectivity index (χ3n) is 5.96. The van der Waals surface area contributed by atoms with E-state index in [1.54, 1.807) is 17.9 Å². The summed E-state index contributed by atoms with van der Waals surface area (Å²) in [5, 5.41) is 15.6. The van der Waals surface area contributed by atoms with Gasteiger partial charge in [-0.3, -0.25) is 9.69 Å². The molecular formula is C26H33N5O3. The van der Waals surface area contributed by atoms with Gasteiger partial charge < -0.3 is 15.4 Å².